The van der Waals surface area contributed by atoms with Crippen LogP contribution in [-0.2, 0) is 6.61 Å². The van der Waals surface area contributed by atoms with Gasteiger partial charge in [-0.05, 0) is 67.4 Å². The van der Waals surface area contributed by atoms with Crippen LogP contribution < -0.4 is 14.9 Å². The lowest BCUT2D eigenvalue weighted by atomic mass is 10.2. The average Bonchev–Trinajstić information content (AvgIpc) is 2.70. The fourth-order valence-electron chi connectivity index (χ4n) is 2.54. The van der Waals surface area contributed by atoms with Gasteiger partial charge in [0, 0.05) is 0 Å². The summed E-state index contributed by atoms with van der Waals surface area (Å²) in [6, 6.07) is 19.9. The Morgan fingerprint density at radius 3 is 2.39 bits per heavy atom. The van der Waals surface area contributed by atoms with Crippen LogP contribution in [0.2, 0.25) is 0 Å². The topological polar surface area (TPSA) is 42.8 Å². The third-order valence-electron chi connectivity index (χ3n) is 4.03. The summed E-state index contributed by atoms with van der Waals surface area (Å²) >= 11 is 0. The maximum Gasteiger partial charge on any atom is 0.161 e. The molecule has 0 aliphatic rings. The first kappa shape index (κ1) is 19.4. The van der Waals surface area contributed by atoms with E-state index in [4.69, 9.17) is 9.47 Å². The molecule has 3 rings (SSSR count). The Morgan fingerprint density at radius 1 is 0.929 bits per heavy atom. The third-order valence-corrected chi connectivity index (χ3v) is 4.03. The van der Waals surface area contributed by atoms with Gasteiger partial charge in [-0.2, -0.15) is 5.10 Å². The van der Waals surface area contributed by atoms with E-state index >= 15 is 0 Å². The number of rotatable bonds is 8. The van der Waals surface area contributed by atoms with Gasteiger partial charge in [0.15, 0.2) is 11.5 Å². The van der Waals surface area contributed by atoms with E-state index in [1.54, 1.807) is 18.3 Å². The quantitative estimate of drug-likeness (QED) is 0.412. The van der Waals surface area contributed by atoms with Gasteiger partial charge < -0.3 is 9.47 Å². The Labute approximate surface area is 164 Å². The van der Waals surface area contributed by atoms with Crippen molar-refractivity contribution < 1.29 is 13.9 Å². The molecule has 0 saturated carbocycles. The second-order valence-corrected chi connectivity index (χ2v) is 6.29. The molecule has 0 amide bonds. The molecule has 0 unspecified atom stereocenters. The van der Waals surface area contributed by atoms with E-state index in [0.717, 1.165) is 11.1 Å². The lowest BCUT2D eigenvalue weighted by Crippen LogP contribution is -2.00. The molecule has 3 aromatic carbocycles. The number of hydrogen-bond donors (Lipinski definition) is 1. The Bertz CT molecular complexity index is 922. The maximum absolute atomic E-state index is 12.9. The predicted octanol–water partition coefficient (Wildman–Crippen LogP) is 5.56. The maximum atomic E-state index is 12.9. The summed E-state index contributed by atoms with van der Waals surface area (Å²) in [6.07, 6.45) is 1.68. The van der Waals surface area contributed by atoms with Crippen LogP contribution in [0.5, 0.6) is 11.5 Å². The first-order valence-electron chi connectivity index (χ1n) is 9.14. The first-order chi connectivity index (χ1) is 13.6. The molecule has 0 fully saturated rings. The second kappa shape index (κ2) is 9.55. The molecular weight excluding hydrogens is 355 g/mol. The van der Waals surface area contributed by atoms with Crippen molar-refractivity contribution in [2.75, 3.05) is 12.0 Å². The molecule has 0 atom stereocenters. The number of hydrazone groups is 1. The second-order valence-electron chi connectivity index (χ2n) is 6.29. The highest BCUT2D eigenvalue weighted by Crippen LogP contribution is 2.29. The van der Waals surface area contributed by atoms with E-state index in [2.05, 4.69) is 41.7 Å². The van der Waals surface area contributed by atoms with Crippen molar-refractivity contribution in [2.24, 2.45) is 5.10 Å². The molecule has 0 aliphatic carbocycles. The molecule has 144 valence electrons. The van der Waals surface area contributed by atoms with E-state index in [0.29, 0.717) is 30.4 Å². The van der Waals surface area contributed by atoms with Crippen LogP contribution in [-0.4, -0.2) is 12.8 Å². The minimum atomic E-state index is -0.280. The van der Waals surface area contributed by atoms with Crippen molar-refractivity contribution in [2.45, 2.75) is 20.5 Å². The summed E-state index contributed by atoms with van der Waals surface area (Å²) in [5.74, 6) is 1.07. The number of hydrogen-bond acceptors (Lipinski definition) is 4. The zero-order valence-electron chi connectivity index (χ0n) is 16.0. The number of ether oxygens (including phenoxy) is 2. The summed E-state index contributed by atoms with van der Waals surface area (Å²) in [4.78, 5) is 0. The SMILES string of the molecule is CCOc1cc(/C=N/Nc2ccc(F)cc2)ccc1OCc1ccc(C)cc1. The van der Waals surface area contributed by atoms with E-state index < -0.39 is 0 Å². The van der Waals surface area contributed by atoms with Gasteiger partial charge in [0.25, 0.3) is 0 Å². The molecule has 1 N–H and O–H groups in total. The zero-order chi connectivity index (χ0) is 19.8. The van der Waals surface area contributed by atoms with E-state index in [9.17, 15) is 4.39 Å². The number of nitrogens with one attached hydrogen (secondary N) is 1. The molecule has 28 heavy (non-hydrogen) atoms. The Kier molecular flexibility index (Phi) is 6.63. The summed E-state index contributed by atoms with van der Waals surface area (Å²) in [6.45, 7) is 5.00. The summed E-state index contributed by atoms with van der Waals surface area (Å²) < 4.78 is 24.6. The van der Waals surface area contributed by atoms with Gasteiger partial charge in [0.2, 0.25) is 0 Å². The highest BCUT2D eigenvalue weighted by Gasteiger charge is 2.06. The molecule has 0 bridgehead atoms. The molecule has 3 aromatic rings. The van der Waals surface area contributed by atoms with Crippen molar-refractivity contribution in [1.29, 1.82) is 0 Å². The molecule has 0 spiro atoms. The fourth-order valence-corrected chi connectivity index (χ4v) is 2.54. The molecule has 0 heterocycles. The van der Waals surface area contributed by atoms with Crippen molar-refractivity contribution in [1.82, 2.24) is 0 Å². The van der Waals surface area contributed by atoms with Gasteiger partial charge in [0.05, 0.1) is 18.5 Å². The Balaban J connectivity index is 1.66. The molecular formula is C23H23FN2O2. The summed E-state index contributed by atoms with van der Waals surface area (Å²) in [7, 11) is 0. The molecule has 5 heteroatoms. The van der Waals surface area contributed by atoms with E-state index in [1.165, 1.54) is 17.7 Å². The van der Waals surface area contributed by atoms with Crippen molar-refractivity contribution in [3.63, 3.8) is 0 Å². The number of aryl methyl sites for hydroxylation is 1. The van der Waals surface area contributed by atoms with Gasteiger partial charge in [-0.1, -0.05) is 29.8 Å². The summed E-state index contributed by atoms with van der Waals surface area (Å²) in [5, 5.41) is 4.18. The van der Waals surface area contributed by atoms with Gasteiger partial charge >= 0.3 is 0 Å². The zero-order valence-corrected chi connectivity index (χ0v) is 16.0. The molecule has 0 aliphatic heterocycles. The number of halogens is 1. The number of anilines is 1. The van der Waals surface area contributed by atoms with Gasteiger partial charge in [-0.25, -0.2) is 4.39 Å². The van der Waals surface area contributed by atoms with Crippen LogP contribution in [0.1, 0.15) is 23.6 Å². The third kappa shape index (κ3) is 5.58. The first-order valence-corrected chi connectivity index (χ1v) is 9.14. The lowest BCUT2D eigenvalue weighted by Gasteiger charge is -2.13. The predicted molar refractivity (Wildman–Crippen MR) is 111 cm³/mol. The fraction of sp³-hybridized carbons (Fsp3) is 0.174. The van der Waals surface area contributed by atoms with Gasteiger partial charge in [0.1, 0.15) is 12.4 Å². The normalized spacial score (nSPS) is 10.8. The lowest BCUT2D eigenvalue weighted by molar-refractivity contribution is 0.269. The molecule has 0 saturated heterocycles. The van der Waals surface area contributed by atoms with E-state index in [-0.39, 0.29) is 5.82 Å². The number of benzene rings is 3. The van der Waals surface area contributed by atoms with Crippen LogP contribution in [0.25, 0.3) is 0 Å². The summed E-state index contributed by atoms with van der Waals surface area (Å²) in [5.41, 5.74) is 6.76. The highest BCUT2D eigenvalue weighted by molar-refractivity contribution is 5.81. The Morgan fingerprint density at radius 2 is 1.68 bits per heavy atom. The molecule has 4 nitrogen and oxygen atoms in total. The Hall–Kier alpha value is -3.34. The minimum absolute atomic E-state index is 0.280. The number of nitrogens with zero attached hydrogens (tertiary/aromatic N) is 1. The largest absolute Gasteiger partial charge is 0.490 e. The van der Waals surface area contributed by atoms with Crippen LogP contribution in [0, 0.1) is 12.7 Å². The smallest absolute Gasteiger partial charge is 0.161 e. The van der Waals surface area contributed by atoms with Crippen molar-refractivity contribution >= 4 is 11.9 Å². The van der Waals surface area contributed by atoms with Gasteiger partial charge in [-0.3, -0.25) is 5.43 Å². The van der Waals surface area contributed by atoms with Crippen molar-refractivity contribution in [3.8, 4) is 11.5 Å². The van der Waals surface area contributed by atoms with Crippen molar-refractivity contribution in [3.05, 3.63) is 89.2 Å². The minimum Gasteiger partial charge on any atom is -0.490 e. The van der Waals surface area contributed by atoms with Gasteiger partial charge in [-0.15, -0.1) is 0 Å². The standard InChI is InChI=1S/C23H23FN2O2/c1-3-27-23-14-19(15-25-26-21-11-9-20(24)10-12-21)8-13-22(23)28-16-18-6-4-17(2)5-7-18/h4-15,26H,3,16H2,1-2H3/b25-15+. The van der Waals surface area contributed by atoms with Crippen LogP contribution in [0.15, 0.2) is 71.8 Å². The highest BCUT2D eigenvalue weighted by atomic mass is 19.1. The van der Waals surface area contributed by atoms with Crippen LogP contribution in [0.4, 0.5) is 10.1 Å². The monoisotopic (exact) mass is 378 g/mol. The van der Waals surface area contributed by atoms with Crippen LogP contribution >= 0.6 is 0 Å². The van der Waals surface area contributed by atoms with Crippen LogP contribution in [0.3, 0.4) is 0 Å². The average molecular weight is 378 g/mol. The van der Waals surface area contributed by atoms with E-state index in [1.807, 2.05) is 25.1 Å². The molecule has 0 radical (unpaired) electrons. The molecule has 0 aromatic heterocycles.